The number of amides is 1. The number of ether oxygens (including phenoxy) is 1. The number of carbonyl (C=O) groups is 1. The maximum Gasteiger partial charge on any atom is 0.239 e. The van der Waals surface area contributed by atoms with Gasteiger partial charge in [0.15, 0.2) is 0 Å². The quantitative estimate of drug-likeness (QED) is 0.616. The van der Waals surface area contributed by atoms with Gasteiger partial charge >= 0.3 is 0 Å². The van der Waals surface area contributed by atoms with Crippen molar-refractivity contribution in [3.63, 3.8) is 0 Å². The van der Waals surface area contributed by atoms with Gasteiger partial charge in [-0.3, -0.25) is 4.79 Å². The Balaban J connectivity index is 3.96. The minimum atomic E-state index is -0.655. The number of nitrogens with two attached hydrogens (primary N) is 1. The number of unbranched alkanes of at least 4 members (excludes halogenated alkanes) is 1. The van der Waals surface area contributed by atoms with Gasteiger partial charge in [-0.25, -0.2) is 0 Å². The molecule has 2 atom stereocenters. The van der Waals surface area contributed by atoms with Gasteiger partial charge in [-0.15, -0.1) is 0 Å². The molecule has 0 bridgehead atoms. The fourth-order valence-electron chi connectivity index (χ4n) is 1.48. The molecular weight excluding hydrogens is 208 g/mol. The van der Waals surface area contributed by atoms with Crippen molar-refractivity contribution in [1.82, 2.24) is 4.90 Å². The SMILES string of the molecule is CCCCC(N)C(=O)N(C)CC(O)COC. The van der Waals surface area contributed by atoms with E-state index in [1.165, 1.54) is 12.0 Å². The molecule has 0 aliphatic heterocycles. The van der Waals surface area contributed by atoms with Gasteiger partial charge in [-0.2, -0.15) is 0 Å². The van der Waals surface area contributed by atoms with E-state index in [1.807, 2.05) is 0 Å². The lowest BCUT2D eigenvalue weighted by molar-refractivity contribution is -0.133. The zero-order chi connectivity index (χ0) is 12.6. The van der Waals surface area contributed by atoms with E-state index in [0.717, 1.165) is 12.8 Å². The molecule has 0 aliphatic carbocycles. The van der Waals surface area contributed by atoms with Crippen LogP contribution >= 0.6 is 0 Å². The molecule has 0 aromatic rings. The zero-order valence-corrected chi connectivity index (χ0v) is 10.5. The number of carbonyl (C=O) groups excluding carboxylic acids is 1. The summed E-state index contributed by atoms with van der Waals surface area (Å²) in [5.41, 5.74) is 5.75. The molecule has 0 aromatic heterocycles. The number of hydrogen-bond donors (Lipinski definition) is 2. The minimum Gasteiger partial charge on any atom is -0.389 e. The van der Waals surface area contributed by atoms with Crippen LogP contribution in [0.1, 0.15) is 26.2 Å². The Kier molecular flexibility index (Phi) is 8.15. The number of methoxy groups -OCH3 is 1. The zero-order valence-electron chi connectivity index (χ0n) is 10.5. The summed E-state index contributed by atoms with van der Waals surface area (Å²) in [5.74, 6) is -0.122. The molecule has 1 amide bonds. The molecule has 16 heavy (non-hydrogen) atoms. The summed E-state index contributed by atoms with van der Waals surface area (Å²) in [7, 11) is 3.16. The van der Waals surface area contributed by atoms with E-state index in [9.17, 15) is 9.90 Å². The van der Waals surface area contributed by atoms with Gasteiger partial charge in [-0.05, 0) is 6.42 Å². The summed E-state index contributed by atoms with van der Waals surface area (Å²) >= 11 is 0. The highest BCUT2D eigenvalue weighted by atomic mass is 16.5. The average molecular weight is 232 g/mol. The molecule has 0 heterocycles. The molecular formula is C11H24N2O3. The molecule has 2 unspecified atom stereocenters. The lowest BCUT2D eigenvalue weighted by atomic mass is 10.1. The summed E-state index contributed by atoms with van der Waals surface area (Å²) in [6, 6.07) is -0.459. The highest BCUT2D eigenvalue weighted by Crippen LogP contribution is 2.02. The van der Waals surface area contributed by atoms with Crippen molar-refractivity contribution < 1.29 is 14.6 Å². The van der Waals surface area contributed by atoms with Crippen LogP contribution < -0.4 is 5.73 Å². The Morgan fingerprint density at radius 1 is 1.56 bits per heavy atom. The standard InChI is InChI=1S/C11H24N2O3/c1-4-5-6-10(12)11(15)13(2)7-9(14)8-16-3/h9-10,14H,4-8,12H2,1-3H3. The van der Waals surface area contributed by atoms with Crippen molar-refractivity contribution in [3.05, 3.63) is 0 Å². The van der Waals surface area contributed by atoms with Gasteiger partial charge in [0.1, 0.15) is 0 Å². The Labute approximate surface area is 97.6 Å². The van der Waals surface area contributed by atoms with E-state index >= 15 is 0 Å². The maximum absolute atomic E-state index is 11.7. The van der Waals surface area contributed by atoms with Gasteiger partial charge in [0.25, 0.3) is 0 Å². The third-order valence-corrected chi connectivity index (χ3v) is 2.41. The third-order valence-electron chi connectivity index (χ3n) is 2.41. The first-order chi connectivity index (χ1) is 7.52. The second kappa shape index (κ2) is 8.50. The number of rotatable bonds is 8. The largest absolute Gasteiger partial charge is 0.389 e. The molecule has 0 rings (SSSR count). The fourth-order valence-corrected chi connectivity index (χ4v) is 1.48. The van der Waals surface area contributed by atoms with Gasteiger partial charge in [0.2, 0.25) is 5.91 Å². The van der Waals surface area contributed by atoms with Crippen LogP contribution in [0.25, 0.3) is 0 Å². The van der Waals surface area contributed by atoms with Crippen molar-refractivity contribution in [2.45, 2.75) is 38.3 Å². The van der Waals surface area contributed by atoms with Crippen LogP contribution in [0.5, 0.6) is 0 Å². The van der Waals surface area contributed by atoms with Crippen molar-refractivity contribution in [3.8, 4) is 0 Å². The molecule has 0 saturated carbocycles. The molecule has 96 valence electrons. The van der Waals surface area contributed by atoms with Crippen LogP contribution in [0.15, 0.2) is 0 Å². The summed E-state index contributed by atoms with van der Waals surface area (Å²) < 4.78 is 4.79. The Morgan fingerprint density at radius 2 is 2.19 bits per heavy atom. The van der Waals surface area contributed by atoms with E-state index in [2.05, 4.69) is 6.92 Å². The van der Waals surface area contributed by atoms with Crippen molar-refractivity contribution in [2.75, 3.05) is 27.3 Å². The number of nitrogens with zero attached hydrogens (tertiary/aromatic N) is 1. The van der Waals surface area contributed by atoms with Crippen LogP contribution in [0.3, 0.4) is 0 Å². The van der Waals surface area contributed by atoms with Crippen molar-refractivity contribution >= 4 is 5.91 Å². The Morgan fingerprint density at radius 3 is 2.69 bits per heavy atom. The molecule has 0 spiro atoms. The van der Waals surface area contributed by atoms with Gasteiger partial charge < -0.3 is 20.5 Å². The molecule has 0 fully saturated rings. The number of aliphatic hydroxyl groups is 1. The molecule has 0 saturated heterocycles. The number of likely N-dealkylation sites (N-methyl/N-ethyl adjacent to an activating group) is 1. The summed E-state index contributed by atoms with van der Waals surface area (Å²) in [5, 5.41) is 9.47. The van der Waals surface area contributed by atoms with Gasteiger partial charge in [0, 0.05) is 20.7 Å². The van der Waals surface area contributed by atoms with E-state index in [-0.39, 0.29) is 19.1 Å². The molecule has 0 aromatic carbocycles. The van der Waals surface area contributed by atoms with Crippen molar-refractivity contribution in [1.29, 1.82) is 0 Å². The van der Waals surface area contributed by atoms with Crippen molar-refractivity contribution in [2.24, 2.45) is 5.73 Å². The fraction of sp³-hybridized carbons (Fsp3) is 0.909. The van der Waals surface area contributed by atoms with E-state index in [0.29, 0.717) is 6.42 Å². The first-order valence-electron chi connectivity index (χ1n) is 5.70. The van der Waals surface area contributed by atoms with E-state index < -0.39 is 12.1 Å². The highest BCUT2D eigenvalue weighted by Gasteiger charge is 2.19. The predicted octanol–water partition coefficient (Wildman–Crippen LogP) is -0.0304. The number of aliphatic hydroxyl groups excluding tert-OH is 1. The first-order valence-corrected chi connectivity index (χ1v) is 5.70. The summed E-state index contributed by atoms with van der Waals surface area (Å²) in [4.78, 5) is 13.2. The van der Waals surface area contributed by atoms with Crippen LogP contribution in [-0.4, -0.2) is 55.4 Å². The molecule has 5 nitrogen and oxygen atoms in total. The van der Waals surface area contributed by atoms with Gasteiger partial charge in [-0.1, -0.05) is 19.8 Å². The van der Waals surface area contributed by atoms with Crippen LogP contribution in [0.2, 0.25) is 0 Å². The second-order valence-corrected chi connectivity index (χ2v) is 4.08. The van der Waals surface area contributed by atoms with E-state index in [4.69, 9.17) is 10.5 Å². The van der Waals surface area contributed by atoms with Crippen LogP contribution in [-0.2, 0) is 9.53 Å². The molecule has 5 heteroatoms. The summed E-state index contributed by atoms with van der Waals surface area (Å²) in [6.07, 6.45) is 2.01. The van der Waals surface area contributed by atoms with E-state index in [1.54, 1.807) is 7.05 Å². The lowest BCUT2D eigenvalue weighted by Crippen LogP contribution is -2.45. The topological polar surface area (TPSA) is 75.8 Å². The van der Waals surface area contributed by atoms with Crippen LogP contribution in [0.4, 0.5) is 0 Å². The normalized spacial score (nSPS) is 14.6. The summed E-state index contributed by atoms with van der Waals surface area (Å²) in [6.45, 7) is 2.54. The monoisotopic (exact) mass is 232 g/mol. The molecule has 0 aliphatic rings. The lowest BCUT2D eigenvalue weighted by Gasteiger charge is -2.23. The molecule has 0 radical (unpaired) electrons. The first kappa shape index (κ1) is 15.3. The average Bonchev–Trinajstić information content (AvgIpc) is 2.24. The van der Waals surface area contributed by atoms with Gasteiger partial charge in [0.05, 0.1) is 18.8 Å². The third kappa shape index (κ3) is 6.05. The maximum atomic E-state index is 11.7. The Hall–Kier alpha value is -0.650. The number of hydrogen-bond acceptors (Lipinski definition) is 4. The predicted molar refractivity (Wildman–Crippen MR) is 63.0 cm³/mol. The second-order valence-electron chi connectivity index (χ2n) is 4.08. The Bertz CT molecular complexity index is 200. The highest BCUT2D eigenvalue weighted by molar-refractivity contribution is 5.81. The van der Waals surface area contributed by atoms with Crippen LogP contribution in [0, 0.1) is 0 Å². The minimum absolute atomic E-state index is 0.122. The smallest absolute Gasteiger partial charge is 0.239 e. The molecule has 3 N–H and O–H groups in total.